The van der Waals surface area contributed by atoms with E-state index >= 15 is 0 Å². The van der Waals surface area contributed by atoms with E-state index in [1.807, 2.05) is 0 Å². The molecule has 0 amide bonds. The fourth-order valence-electron chi connectivity index (χ4n) is 2.43. The van der Waals surface area contributed by atoms with Crippen molar-refractivity contribution in [3.63, 3.8) is 0 Å². The van der Waals surface area contributed by atoms with E-state index in [1.54, 1.807) is 12.1 Å². The molecule has 1 heterocycles. The lowest BCUT2D eigenvalue weighted by Crippen LogP contribution is -2.48. The monoisotopic (exact) mass is 337 g/mol. The summed E-state index contributed by atoms with van der Waals surface area (Å²) in [5, 5.41) is 9.39. The summed E-state index contributed by atoms with van der Waals surface area (Å²) in [4.78, 5) is 1.47. The lowest BCUT2D eigenvalue weighted by atomic mass is 10.0. The van der Waals surface area contributed by atoms with Gasteiger partial charge in [0.25, 0.3) is 0 Å². The van der Waals surface area contributed by atoms with Crippen LogP contribution in [-0.4, -0.2) is 28.8 Å². The van der Waals surface area contributed by atoms with Crippen LogP contribution < -0.4 is 0 Å². The maximum atomic E-state index is 12.9. The van der Waals surface area contributed by atoms with Crippen LogP contribution in [0.4, 0.5) is 13.2 Å². The van der Waals surface area contributed by atoms with Crippen molar-refractivity contribution in [3.8, 4) is 5.75 Å². The SMILES string of the molecule is Oc1ccc(CN2CCCCC2C(F)(F)F)cc1Br. The number of nitrogens with zero attached hydrogens (tertiary/aromatic N) is 1. The Morgan fingerprint density at radius 1 is 1.32 bits per heavy atom. The van der Waals surface area contributed by atoms with Crippen LogP contribution in [-0.2, 0) is 6.54 Å². The predicted octanol–water partition coefficient (Wildman–Crippen LogP) is 4.07. The number of benzene rings is 1. The summed E-state index contributed by atoms with van der Waals surface area (Å²) < 4.78 is 39.3. The average Bonchev–Trinajstić information content (AvgIpc) is 2.33. The molecule has 1 aliphatic heterocycles. The van der Waals surface area contributed by atoms with Gasteiger partial charge < -0.3 is 5.11 Å². The molecule has 1 aliphatic rings. The zero-order valence-corrected chi connectivity index (χ0v) is 11.8. The van der Waals surface area contributed by atoms with Crippen molar-refractivity contribution in [1.29, 1.82) is 0 Å². The van der Waals surface area contributed by atoms with Gasteiger partial charge in [-0.05, 0) is 53.0 Å². The van der Waals surface area contributed by atoms with Crippen LogP contribution >= 0.6 is 15.9 Å². The first kappa shape index (κ1) is 14.7. The van der Waals surface area contributed by atoms with Crippen molar-refractivity contribution in [2.45, 2.75) is 38.0 Å². The summed E-state index contributed by atoms with van der Waals surface area (Å²) in [6, 6.07) is 3.46. The van der Waals surface area contributed by atoms with E-state index in [1.165, 1.54) is 11.0 Å². The number of phenolic OH excluding ortho intramolecular Hbond substituents is 1. The molecule has 0 spiro atoms. The van der Waals surface area contributed by atoms with Gasteiger partial charge in [-0.1, -0.05) is 12.5 Å². The molecule has 106 valence electrons. The summed E-state index contributed by atoms with van der Waals surface area (Å²) in [7, 11) is 0. The number of aromatic hydroxyl groups is 1. The molecule has 6 heteroatoms. The molecule has 1 aromatic rings. The van der Waals surface area contributed by atoms with Crippen LogP contribution in [0.3, 0.4) is 0 Å². The fraction of sp³-hybridized carbons (Fsp3) is 0.538. The minimum atomic E-state index is -4.17. The Kier molecular flexibility index (Phi) is 4.40. The summed E-state index contributed by atoms with van der Waals surface area (Å²) in [5.74, 6) is 0.0924. The minimum Gasteiger partial charge on any atom is -0.507 e. The van der Waals surface area contributed by atoms with Gasteiger partial charge in [-0.2, -0.15) is 13.2 Å². The molecule has 1 saturated heterocycles. The smallest absolute Gasteiger partial charge is 0.404 e. The molecule has 2 rings (SSSR count). The van der Waals surface area contributed by atoms with Crippen LogP contribution in [0.2, 0.25) is 0 Å². The normalized spacial score (nSPS) is 21.6. The second-order valence-electron chi connectivity index (χ2n) is 4.81. The lowest BCUT2D eigenvalue weighted by Gasteiger charge is -2.36. The van der Waals surface area contributed by atoms with Gasteiger partial charge in [0.2, 0.25) is 0 Å². The number of alkyl halides is 3. The Hall–Kier alpha value is -0.750. The molecule has 2 nitrogen and oxygen atoms in total. The quantitative estimate of drug-likeness (QED) is 0.879. The van der Waals surface area contributed by atoms with Crippen LogP contribution in [0, 0.1) is 0 Å². The molecule has 0 aromatic heterocycles. The first-order valence-electron chi connectivity index (χ1n) is 6.16. The number of rotatable bonds is 2. The van der Waals surface area contributed by atoms with E-state index in [9.17, 15) is 18.3 Å². The van der Waals surface area contributed by atoms with Crippen LogP contribution in [0.25, 0.3) is 0 Å². The van der Waals surface area contributed by atoms with Gasteiger partial charge >= 0.3 is 6.18 Å². The van der Waals surface area contributed by atoms with Crippen LogP contribution in [0.15, 0.2) is 22.7 Å². The van der Waals surface area contributed by atoms with Crippen molar-refractivity contribution >= 4 is 15.9 Å². The summed E-state index contributed by atoms with van der Waals surface area (Å²) in [6.07, 6.45) is -2.58. The van der Waals surface area contributed by atoms with E-state index in [4.69, 9.17) is 0 Å². The summed E-state index contributed by atoms with van der Waals surface area (Å²) >= 11 is 3.17. The molecule has 19 heavy (non-hydrogen) atoms. The fourth-order valence-corrected chi connectivity index (χ4v) is 2.86. The Morgan fingerprint density at radius 3 is 2.68 bits per heavy atom. The molecule has 1 atom stereocenters. The third-order valence-corrected chi connectivity index (χ3v) is 4.02. The van der Waals surface area contributed by atoms with Crippen molar-refractivity contribution in [3.05, 3.63) is 28.2 Å². The van der Waals surface area contributed by atoms with E-state index in [2.05, 4.69) is 15.9 Å². The molecule has 1 aromatic carbocycles. The molecular weight excluding hydrogens is 323 g/mol. The second kappa shape index (κ2) is 5.71. The standard InChI is InChI=1S/C13H15BrF3NO/c14-10-7-9(4-5-11(10)19)8-18-6-2-1-3-12(18)13(15,16)17/h4-5,7,12,19H,1-3,6,8H2. The third kappa shape index (κ3) is 3.63. The highest BCUT2D eigenvalue weighted by Crippen LogP contribution is 2.33. The zero-order valence-electron chi connectivity index (χ0n) is 10.3. The second-order valence-corrected chi connectivity index (χ2v) is 5.66. The van der Waals surface area contributed by atoms with Crippen molar-refractivity contribution in [2.24, 2.45) is 0 Å². The molecule has 0 aliphatic carbocycles. The largest absolute Gasteiger partial charge is 0.507 e. The molecule has 0 saturated carbocycles. The number of phenols is 1. The van der Waals surface area contributed by atoms with Crippen molar-refractivity contribution < 1.29 is 18.3 Å². The average molecular weight is 338 g/mol. The van der Waals surface area contributed by atoms with Crippen LogP contribution in [0.5, 0.6) is 5.75 Å². The molecular formula is C13H15BrF3NO. The van der Waals surface area contributed by atoms with Crippen molar-refractivity contribution in [1.82, 2.24) is 4.90 Å². The zero-order chi connectivity index (χ0) is 14.0. The summed E-state index contributed by atoms with van der Waals surface area (Å²) in [5.41, 5.74) is 0.765. The van der Waals surface area contributed by atoms with Gasteiger partial charge in [0, 0.05) is 6.54 Å². The number of piperidine rings is 1. The Balaban J connectivity index is 2.13. The molecule has 0 bridgehead atoms. The van der Waals surface area contributed by atoms with Gasteiger partial charge in [-0.3, -0.25) is 4.90 Å². The first-order valence-corrected chi connectivity index (χ1v) is 6.95. The maximum Gasteiger partial charge on any atom is 0.404 e. The lowest BCUT2D eigenvalue weighted by molar-refractivity contribution is -0.192. The highest BCUT2D eigenvalue weighted by Gasteiger charge is 2.44. The van der Waals surface area contributed by atoms with E-state index < -0.39 is 12.2 Å². The first-order chi connectivity index (χ1) is 8.88. The highest BCUT2D eigenvalue weighted by atomic mass is 79.9. The van der Waals surface area contributed by atoms with E-state index in [0.29, 0.717) is 17.4 Å². The number of halogens is 4. The topological polar surface area (TPSA) is 23.5 Å². The number of likely N-dealkylation sites (tertiary alicyclic amines) is 1. The third-order valence-electron chi connectivity index (χ3n) is 3.39. The van der Waals surface area contributed by atoms with Gasteiger partial charge in [0.1, 0.15) is 11.8 Å². The van der Waals surface area contributed by atoms with Gasteiger partial charge in [0.15, 0.2) is 0 Å². The van der Waals surface area contributed by atoms with Gasteiger partial charge in [-0.25, -0.2) is 0 Å². The maximum absolute atomic E-state index is 12.9. The molecule has 1 fully saturated rings. The Morgan fingerprint density at radius 2 is 2.05 bits per heavy atom. The van der Waals surface area contributed by atoms with E-state index in [0.717, 1.165) is 12.0 Å². The van der Waals surface area contributed by atoms with Gasteiger partial charge in [-0.15, -0.1) is 0 Å². The molecule has 1 N–H and O–H groups in total. The Bertz CT molecular complexity index is 450. The number of hydrogen-bond acceptors (Lipinski definition) is 2. The Labute approximate surface area is 118 Å². The van der Waals surface area contributed by atoms with Gasteiger partial charge in [0.05, 0.1) is 4.47 Å². The van der Waals surface area contributed by atoms with Crippen molar-refractivity contribution in [2.75, 3.05) is 6.54 Å². The molecule has 0 radical (unpaired) electrons. The summed E-state index contributed by atoms with van der Waals surface area (Å²) in [6.45, 7) is 0.714. The molecule has 1 unspecified atom stereocenters. The number of hydrogen-bond donors (Lipinski definition) is 1. The van der Waals surface area contributed by atoms with Crippen LogP contribution in [0.1, 0.15) is 24.8 Å². The minimum absolute atomic E-state index is 0.0924. The van der Waals surface area contributed by atoms with E-state index in [-0.39, 0.29) is 18.7 Å². The highest BCUT2D eigenvalue weighted by molar-refractivity contribution is 9.10. The predicted molar refractivity (Wildman–Crippen MR) is 69.9 cm³/mol.